The zero-order chi connectivity index (χ0) is 17.3. The number of H-pyrrole nitrogens is 1. The van der Waals surface area contributed by atoms with Crippen LogP contribution in [0.25, 0.3) is 0 Å². The minimum absolute atomic E-state index is 0.136. The molecule has 0 bridgehead atoms. The lowest BCUT2D eigenvalue weighted by atomic mass is 10.3. The number of nitrogens with one attached hydrogen (secondary N) is 2. The van der Waals surface area contributed by atoms with Gasteiger partial charge in [0.05, 0.1) is 5.69 Å². The van der Waals surface area contributed by atoms with Crippen molar-refractivity contribution in [2.75, 3.05) is 17.8 Å². The molecule has 0 radical (unpaired) electrons. The Balaban J connectivity index is 1.82. The van der Waals surface area contributed by atoms with Crippen LogP contribution in [0.2, 0.25) is 0 Å². The highest BCUT2D eigenvalue weighted by atomic mass is 32.2. The number of aromatic amines is 1. The summed E-state index contributed by atoms with van der Waals surface area (Å²) in [6, 6.07) is 3.64. The van der Waals surface area contributed by atoms with E-state index in [9.17, 15) is 22.0 Å². The number of carbonyl (C=O) groups is 1. The molecule has 24 heavy (non-hydrogen) atoms. The van der Waals surface area contributed by atoms with Gasteiger partial charge >= 0.3 is 0 Å². The Kier molecular flexibility index (Phi) is 4.27. The molecule has 1 aliphatic heterocycles. The predicted molar refractivity (Wildman–Crippen MR) is 83.1 cm³/mol. The number of likely N-dealkylation sites (tertiary alicyclic amines) is 1. The maximum absolute atomic E-state index is 13.6. The molecule has 0 saturated carbocycles. The minimum atomic E-state index is -4.15. The van der Waals surface area contributed by atoms with Gasteiger partial charge in [-0.1, -0.05) is 0 Å². The quantitative estimate of drug-likeness (QED) is 0.883. The molecule has 3 rings (SSSR count). The van der Waals surface area contributed by atoms with Gasteiger partial charge in [-0.3, -0.25) is 9.52 Å². The molecule has 9 heteroatoms. The van der Waals surface area contributed by atoms with Crippen molar-refractivity contribution in [2.45, 2.75) is 17.7 Å². The number of halogens is 2. The van der Waals surface area contributed by atoms with Crippen LogP contribution >= 0.6 is 0 Å². The van der Waals surface area contributed by atoms with E-state index in [2.05, 4.69) is 4.98 Å². The van der Waals surface area contributed by atoms with Crippen molar-refractivity contribution < 1.29 is 22.0 Å². The van der Waals surface area contributed by atoms with Crippen molar-refractivity contribution in [3.8, 4) is 0 Å². The Hall–Kier alpha value is -2.42. The Morgan fingerprint density at radius 3 is 2.58 bits per heavy atom. The summed E-state index contributed by atoms with van der Waals surface area (Å²) in [6.07, 6.45) is 2.97. The number of aromatic nitrogens is 1. The maximum Gasteiger partial charge on any atom is 0.270 e. The molecule has 0 unspecified atom stereocenters. The average molecular weight is 355 g/mol. The molecule has 1 aromatic heterocycles. The molecule has 1 aliphatic rings. The van der Waals surface area contributed by atoms with Crippen LogP contribution in [0, 0.1) is 11.6 Å². The number of sulfonamides is 1. The maximum atomic E-state index is 13.6. The zero-order valence-electron chi connectivity index (χ0n) is 12.6. The normalized spacial score (nSPS) is 14.8. The highest BCUT2D eigenvalue weighted by Gasteiger charge is 2.24. The van der Waals surface area contributed by atoms with Crippen LogP contribution in [-0.4, -0.2) is 37.3 Å². The van der Waals surface area contributed by atoms with Gasteiger partial charge in [0.25, 0.3) is 15.9 Å². The summed E-state index contributed by atoms with van der Waals surface area (Å²) in [7, 11) is -4.15. The molecule has 1 fully saturated rings. The van der Waals surface area contributed by atoms with Crippen molar-refractivity contribution in [3.05, 3.63) is 47.8 Å². The topological polar surface area (TPSA) is 82.3 Å². The molecule has 1 aromatic carbocycles. The second kappa shape index (κ2) is 6.23. The van der Waals surface area contributed by atoms with Crippen molar-refractivity contribution in [2.24, 2.45) is 0 Å². The van der Waals surface area contributed by atoms with E-state index in [0.29, 0.717) is 13.1 Å². The average Bonchev–Trinajstić information content (AvgIpc) is 3.21. The predicted octanol–water partition coefficient (Wildman–Crippen LogP) is 2.33. The Morgan fingerprint density at radius 2 is 1.88 bits per heavy atom. The molecule has 0 atom stereocenters. The lowest BCUT2D eigenvalue weighted by molar-refractivity contribution is 0.0787. The second-order valence-corrected chi connectivity index (χ2v) is 7.16. The third-order valence-electron chi connectivity index (χ3n) is 3.76. The van der Waals surface area contributed by atoms with Gasteiger partial charge in [0.1, 0.15) is 22.2 Å². The lowest BCUT2D eigenvalue weighted by Crippen LogP contribution is -2.27. The van der Waals surface area contributed by atoms with Gasteiger partial charge < -0.3 is 9.88 Å². The van der Waals surface area contributed by atoms with Crippen LogP contribution in [0.1, 0.15) is 23.3 Å². The molecule has 0 aliphatic carbocycles. The number of benzene rings is 1. The van der Waals surface area contributed by atoms with Crippen LogP contribution in [-0.2, 0) is 10.0 Å². The summed E-state index contributed by atoms with van der Waals surface area (Å²) in [6.45, 7) is 1.26. The summed E-state index contributed by atoms with van der Waals surface area (Å²) >= 11 is 0. The molecule has 1 saturated heterocycles. The van der Waals surface area contributed by atoms with Crippen molar-refractivity contribution in [1.82, 2.24) is 9.88 Å². The summed E-state index contributed by atoms with van der Waals surface area (Å²) in [5.74, 6) is -1.96. The first kappa shape index (κ1) is 16.4. The highest BCUT2D eigenvalue weighted by Crippen LogP contribution is 2.21. The molecular weight excluding hydrogens is 340 g/mol. The summed E-state index contributed by atoms with van der Waals surface area (Å²) < 4.78 is 53.3. The number of nitrogens with zero attached hydrogens (tertiary/aromatic N) is 1. The van der Waals surface area contributed by atoms with E-state index in [0.717, 1.165) is 37.2 Å². The van der Waals surface area contributed by atoms with Gasteiger partial charge in [0, 0.05) is 25.4 Å². The minimum Gasteiger partial charge on any atom is -0.356 e. The van der Waals surface area contributed by atoms with Crippen LogP contribution in [0.4, 0.5) is 14.5 Å². The van der Waals surface area contributed by atoms with Gasteiger partial charge in [0.2, 0.25) is 0 Å². The molecular formula is C15H15F2N3O3S. The standard InChI is InChI=1S/C15H15F2N3O3S/c16-10-3-4-12(17)13(7-10)19-24(22,23)11-8-14(18-9-11)15(21)20-5-1-2-6-20/h3-4,7-9,18-19H,1-2,5-6H2. The second-order valence-electron chi connectivity index (χ2n) is 5.48. The van der Waals surface area contributed by atoms with Gasteiger partial charge in [-0.15, -0.1) is 0 Å². The van der Waals surface area contributed by atoms with Crippen molar-refractivity contribution in [1.29, 1.82) is 0 Å². The molecule has 6 nitrogen and oxygen atoms in total. The molecule has 1 amide bonds. The van der Waals surface area contributed by atoms with Crippen molar-refractivity contribution >= 4 is 21.6 Å². The van der Waals surface area contributed by atoms with Gasteiger partial charge in [-0.2, -0.15) is 0 Å². The third kappa shape index (κ3) is 3.25. The molecule has 2 N–H and O–H groups in total. The van der Waals surface area contributed by atoms with Gasteiger partial charge in [0.15, 0.2) is 0 Å². The first-order valence-corrected chi connectivity index (χ1v) is 8.81. The third-order valence-corrected chi connectivity index (χ3v) is 5.11. The Morgan fingerprint density at radius 1 is 1.17 bits per heavy atom. The number of rotatable bonds is 4. The van der Waals surface area contributed by atoms with Crippen LogP contribution in [0.3, 0.4) is 0 Å². The molecule has 2 aromatic rings. The number of hydrogen-bond donors (Lipinski definition) is 2. The van der Waals surface area contributed by atoms with E-state index in [1.54, 1.807) is 4.90 Å². The van der Waals surface area contributed by atoms with Crippen LogP contribution in [0.5, 0.6) is 0 Å². The van der Waals surface area contributed by atoms with E-state index < -0.39 is 27.3 Å². The van der Waals surface area contributed by atoms with Crippen LogP contribution in [0.15, 0.2) is 35.4 Å². The van der Waals surface area contributed by atoms with E-state index >= 15 is 0 Å². The summed E-state index contributed by atoms with van der Waals surface area (Å²) in [4.78, 5) is 16.2. The van der Waals surface area contributed by atoms with Crippen molar-refractivity contribution in [3.63, 3.8) is 0 Å². The highest BCUT2D eigenvalue weighted by molar-refractivity contribution is 7.92. The van der Waals surface area contributed by atoms with E-state index in [1.165, 1.54) is 6.07 Å². The monoisotopic (exact) mass is 355 g/mol. The smallest absolute Gasteiger partial charge is 0.270 e. The van der Waals surface area contributed by atoms with E-state index in [-0.39, 0.29) is 16.5 Å². The fourth-order valence-electron chi connectivity index (χ4n) is 2.52. The number of anilines is 1. The van der Waals surface area contributed by atoms with E-state index in [1.807, 2.05) is 4.72 Å². The zero-order valence-corrected chi connectivity index (χ0v) is 13.4. The van der Waals surface area contributed by atoms with Gasteiger partial charge in [-0.25, -0.2) is 17.2 Å². The molecule has 0 spiro atoms. The van der Waals surface area contributed by atoms with Gasteiger partial charge in [-0.05, 0) is 31.0 Å². The van der Waals surface area contributed by atoms with Crippen LogP contribution < -0.4 is 4.72 Å². The largest absolute Gasteiger partial charge is 0.356 e. The summed E-state index contributed by atoms with van der Waals surface area (Å²) in [5, 5.41) is 0. The Labute approximate surface area is 137 Å². The molecule has 2 heterocycles. The number of hydrogen-bond acceptors (Lipinski definition) is 3. The fourth-order valence-corrected chi connectivity index (χ4v) is 3.57. The first-order valence-electron chi connectivity index (χ1n) is 7.32. The SMILES string of the molecule is O=C(c1cc(S(=O)(=O)Nc2cc(F)ccc2F)c[nH]1)N1CCCC1. The molecule has 128 valence electrons. The number of carbonyl (C=O) groups excluding carboxylic acids is 1. The fraction of sp³-hybridized carbons (Fsp3) is 0.267. The Bertz CT molecular complexity index is 874. The summed E-state index contributed by atoms with van der Waals surface area (Å²) in [5.41, 5.74) is -0.361. The van der Waals surface area contributed by atoms with E-state index in [4.69, 9.17) is 0 Å². The number of amides is 1. The lowest BCUT2D eigenvalue weighted by Gasteiger charge is -2.13. The first-order chi connectivity index (χ1) is 11.4.